The molecule has 0 heterocycles. The summed E-state index contributed by atoms with van der Waals surface area (Å²) >= 11 is 12.0. The van der Waals surface area contributed by atoms with Crippen LogP contribution >= 0.6 is 23.2 Å². The maximum absolute atomic E-state index is 12.1. The molecule has 1 aromatic carbocycles. The lowest BCUT2D eigenvalue weighted by Crippen LogP contribution is -2.32. The summed E-state index contributed by atoms with van der Waals surface area (Å²) in [5.74, 6) is 1.21. The summed E-state index contributed by atoms with van der Waals surface area (Å²) in [7, 11) is 3.16. The first-order valence-corrected chi connectivity index (χ1v) is 6.97. The first-order chi connectivity index (χ1) is 9.34. The van der Waals surface area contributed by atoms with Gasteiger partial charge in [0.25, 0.3) is 0 Å². The molecule has 0 aliphatic heterocycles. The molecule has 1 fully saturated rings. The first-order valence-electron chi connectivity index (χ1n) is 6.21. The number of nitrogens with one attached hydrogen (secondary N) is 1. The highest BCUT2D eigenvalue weighted by Crippen LogP contribution is 2.63. The molecule has 1 aromatic rings. The molecule has 0 aromatic heterocycles. The highest BCUT2D eigenvalue weighted by atomic mass is 35.5. The van der Waals surface area contributed by atoms with E-state index in [1.165, 1.54) is 0 Å². The maximum atomic E-state index is 12.1. The lowest BCUT2D eigenvalue weighted by atomic mass is 10.1. The van der Waals surface area contributed by atoms with E-state index in [1.807, 2.05) is 12.1 Å². The van der Waals surface area contributed by atoms with Gasteiger partial charge >= 0.3 is 0 Å². The minimum atomic E-state index is -0.957. The van der Waals surface area contributed by atoms with Crippen LogP contribution in [-0.4, -0.2) is 24.5 Å². The van der Waals surface area contributed by atoms with E-state index in [4.69, 9.17) is 32.7 Å². The molecule has 1 aliphatic rings. The Kier molecular flexibility index (Phi) is 4.07. The molecule has 1 N–H and O–H groups in total. The lowest BCUT2D eigenvalue weighted by molar-refractivity contribution is -0.125. The molecule has 1 saturated carbocycles. The largest absolute Gasteiger partial charge is 0.497 e. The van der Waals surface area contributed by atoms with Gasteiger partial charge in [0.05, 0.1) is 19.6 Å². The van der Waals surface area contributed by atoms with Crippen LogP contribution in [0.15, 0.2) is 18.2 Å². The molecule has 6 heteroatoms. The quantitative estimate of drug-likeness (QED) is 0.849. The van der Waals surface area contributed by atoms with Crippen LogP contribution in [0.4, 0.5) is 0 Å². The Bertz CT molecular complexity index is 533. The number of alkyl halides is 2. The number of carbonyl (C=O) groups is 1. The maximum Gasteiger partial charge on any atom is 0.229 e. The summed E-state index contributed by atoms with van der Waals surface area (Å²) in [6, 6.07) is 5.44. The molecule has 0 bridgehead atoms. The molecular formula is C14H17Cl2NO3. The molecule has 0 saturated heterocycles. The Morgan fingerprint density at radius 3 is 2.50 bits per heavy atom. The van der Waals surface area contributed by atoms with Gasteiger partial charge in [0.15, 0.2) is 0 Å². The molecule has 1 aliphatic carbocycles. The summed E-state index contributed by atoms with van der Waals surface area (Å²) in [6.45, 7) is 2.11. The fourth-order valence-electron chi connectivity index (χ4n) is 2.01. The molecule has 110 valence electrons. The zero-order valence-corrected chi connectivity index (χ0v) is 13.1. The van der Waals surface area contributed by atoms with Gasteiger partial charge < -0.3 is 14.8 Å². The Labute approximate surface area is 128 Å². The number of hydrogen-bond donors (Lipinski definition) is 1. The highest BCUT2D eigenvalue weighted by molar-refractivity contribution is 6.53. The predicted octanol–water partition coefficient (Wildman–Crippen LogP) is 2.90. The number of hydrogen-bond acceptors (Lipinski definition) is 3. The van der Waals surface area contributed by atoms with Gasteiger partial charge in [-0.25, -0.2) is 0 Å². The monoisotopic (exact) mass is 317 g/mol. The number of methoxy groups -OCH3 is 2. The Morgan fingerprint density at radius 2 is 2.00 bits per heavy atom. The van der Waals surface area contributed by atoms with Crippen LogP contribution in [0, 0.1) is 5.41 Å². The molecule has 0 spiro atoms. The van der Waals surface area contributed by atoms with Gasteiger partial charge in [0.1, 0.15) is 15.8 Å². The van der Waals surface area contributed by atoms with Gasteiger partial charge in [-0.15, -0.1) is 23.2 Å². The molecule has 20 heavy (non-hydrogen) atoms. The number of carbonyl (C=O) groups excluding carboxylic acids is 1. The normalized spacial score (nSPS) is 23.1. The van der Waals surface area contributed by atoms with E-state index in [-0.39, 0.29) is 5.91 Å². The second kappa shape index (κ2) is 5.34. The van der Waals surface area contributed by atoms with E-state index < -0.39 is 9.75 Å². The summed E-state index contributed by atoms with van der Waals surface area (Å²) in [5.41, 5.74) is 0.149. The zero-order valence-electron chi connectivity index (χ0n) is 11.6. The third kappa shape index (κ3) is 2.67. The van der Waals surface area contributed by atoms with E-state index in [9.17, 15) is 4.79 Å². The molecule has 4 nitrogen and oxygen atoms in total. The minimum Gasteiger partial charge on any atom is -0.497 e. The van der Waals surface area contributed by atoms with E-state index in [0.29, 0.717) is 24.5 Å². The highest BCUT2D eigenvalue weighted by Gasteiger charge is 2.67. The summed E-state index contributed by atoms with van der Waals surface area (Å²) in [5, 5.41) is 2.84. The second-order valence-electron chi connectivity index (χ2n) is 5.07. The zero-order chi connectivity index (χ0) is 15.0. The van der Waals surface area contributed by atoms with Crippen molar-refractivity contribution in [3.05, 3.63) is 23.8 Å². The van der Waals surface area contributed by atoms with Gasteiger partial charge in [-0.3, -0.25) is 4.79 Å². The average Bonchev–Trinajstić information content (AvgIpc) is 2.96. The molecule has 2 rings (SSSR count). The third-order valence-corrected chi connectivity index (χ3v) is 4.79. The van der Waals surface area contributed by atoms with Gasteiger partial charge in [0, 0.05) is 18.2 Å². The predicted molar refractivity (Wildman–Crippen MR) is 78.6 cm³/mol. The SMILES string of the molecule is COc1ccc(CNC(=O)C2(C)CC2(Cl)Cl)c(OC)c1. The van der Waals surface area contributed by atoms with Crippen LogP contribution in [0.5, 0.6) is 11.5 Å². The van der Waals surface area contributed by atoms with Gasteiger partial charge in [-0.05, 0) is 25.5 Å². The van der Waals surface area contributed by atoms with E-state index >= 15 is 0 Å². The second-order valence-corrected chi connectivity index (χ2v) is 6.56. The first kappa shape index (κ1) is 15.3. The van der Waals surface area contributed by atoms with Crippen LogP contribution in [0.3, 0.4) is 0 Å². The molecule has 1 atom stereocenters. The molecule has 0 radical (unpaired) electrons. The van der Waals surface area contributed by atoms with Crippen LogP contribution in [0.1, 0.15) is 18.9 Å². The fraction of sp³-hybridized carbons (Fsp3) is 0.500. The Balaban J connectivity index is 2.03. The van der Waals surface area contributed by atoms with E-state index in [1.54, 1.807) is 27.2 Å². The average molecular weight is 318 g/mol. The van der Waals surface area contributed by atoms with Crippen molar-refractivity contribution in [2.24, 2.45) is 5.41 Å². The van der Waals surface area contributed by atoms with Crippen LogP contribution in [0.25, 0.3) is 0 Å². The van der Waals surface area contributed by atoms with Crippen LogP contribution < -0.4 is 14.8 Å². The van der Waals surface area contributed by atoms with Crippen molar-refractivity contribution in [2.45, 2.75) is 24.2 Å². The smallest absolute Gasteiger partial charge is 0.229 e. The van der Waals surface area contributed by atoms with Crippen molar-refractivity contribution < 1.29 is 14.3 Å². The molecule has 1 unspecified atom stereocenters. The number of halogens is 2. The van der Waals surface area contributed by atoms with Crippen molar-refractivity contribution in [1.82, 2.24) is 5.32 Å². The van der Waals surface area contributed by atoms with Gasteiger partial charge in [-0.2, -0.15) is 0 Å². The van der Waals surface area contributed by atoms with Crippen molar-refractivity contribution in [3.8, 4) is 11.5 Å². The standard InChI is InChI=1S/C14H17Cl2NO3/c1-13(8-14(13,15)16)12(18)17-7-9-4-5-10(19-2)6-11(9)20-3/h4-6H,7-8H2,1-3H3,(H,17,18). The topological polar surface area (TPSA) is 47.6 Å². The minimum absolute atomic E-state index is 0.152. The van der Waals surface area contributed by atoms with Gasteiger partial charge in [-0.1, -0.05) is 0 Å². The third-order valence-electron chi connectivity index (χ3n) is 3.69. The van der Waals surface area contributed by atoms with Crippen molar-refractivity contribution >= 4 is 29.1 Å². The number of amides is 1. The van der Waals surface area contributed by atoms with Crippen LogP contribution in [-0.2, 0) is 11.3 Å². The number of rotatable bonds is 5. The summed E-state index contributed by atoms with van der Waals surface area (Å²) < 4.78 is 9.45. The summed E-state index contributed by atoms with van der Waals surface area (Å²) in [6.07, 6.45) is 0.467. The van der Waals surface area contributed by atoms with Crippen molar-refractivity contribution in [1.29, 1.82) is 0 Å². The van der Waals surface area contributed by atoms with E-state index in [2.05, 4.69) is 5.32 Å². The Morgan fingerprint density at radius 1 is 1.35 bits per heavy atom. The Hall–Kier alpha value is -1.13. The molecule has 1 amide bonds. The number of benzene rings is 1. The lowest BCUT2D eigenvalue weighted by Gasteiger charge is -2.14. The van der Waals surface area contributed by atoms with Crippen molar-refractivity contribution in [3.63, 3.8) is 0 Å². The fourth-order valence-corrected chi connectivity index (χ4v) is 2.72. The summed E-state index contributed by atoms with van der Waals surface area (Å²) in [4.78, 5) is 12.1. The van der Waals surface area contributed by atoms with Crippen LogP contribution in [0.2, 0.25) is 0 Å². The van der Waals surface area contributed by atoms with E-state index in [0.717, 1.165) is 5.56 Å². The van der Waals surface area contributed by atoms with Crippen molar-refractivity contribution in [2.75, 3.05) is 14.2 Å². The molecular weight excluding hydrogens is 301 g/mol. The number of ether oxygens (including phenoxy) is 2. The van der Waals surface area contributed by atoms with Gasteiger partial charge in [0.2, 0.25) is 5.91 Å².